The summed E-state index contributed by atoms with van der Waals surface area (Å²) >= 11 is 0. The minimum Gasteiger partial charge on any atom is -0.320 e. The Kier molecular flexibility index (Phi) is 5.30. The molecule has 0 radical (unpaired) electrons. The summed E-state index contributed by atoms with van der Waals surface area (Å²) in [4.78, 5) is 24.4. The van der Waals surface area contributed by atoms with E-state index in [1.54, 1.807) is 6.07 Å². The van der Waals surface area contributed by atoms with Crippen LogP contribution in [0, 0.1) is 6.92 Å². The summed E-state index contributed by atoms with van der Waals surface area (Å²) in [5.74, 6) is 0.689. The lowest BCUT2D eigenvalue weighted by molar-refractivity contribution is 0.102. The third kappa shape index (κ3) is 3.99. The average molecular weight is 386 g/mol. The molecular weight excluding hydrogens is 360 g/mol. The van der Waals surface area contributed by atoms with Gasteiger partial charge in [0, 0.05) is 23.6 Å². The topological polar surface area (TPSA) is 58.1 Å². The number of para-hydroxylation sites is 2. The maximum atomic E-state index is 13.0. The molecule has 1 aliphatic rings. The Hall–Kier alpha value is -3.21. The Labute approximate surface area is 171 Å². The molecule has 148 valence electrons. The van der Waals surface area contributed by atoms with E-state index >= 15 is 0 Å². The van der Waals surface area contributed by atoms with Gasteiger partial charge in [-0.2, -0.15) is 0 Å². The summed E-state index contributed by atoms with van der Waals surface area (Å²) in [5, 5.41) is 3.04. The molecule has 0 aliphatic carbocycles. The van der Waals surface area contributed by atoms with Crippen LogP contribution in [0.3, 0.4) is 0 Å². The van der Waals surface area contributed by atoms with Gasteiger partial charge in [0.05, 0.1) is 0 Å². The summed E-state index contributed by atoms with van der Waals surface area (Å²) in [5.41, 5.74) is 5.52. The number of aryl methyl sites for hydroxylation is 2. The fraction of sp³-hybridized carbons (Fsp3) is 0.292. The van der Waals surface area contributed by atoms with E-state index in [4.69, 9.17) is 0 Å². The molecule has 5 heteroatoms. The average Bonchev–Trinajstić information content (AvgIpc) is 2.73. The van der Waals surface area contributed by atoms with Crippen molar-refractivity contribution < 1.29 is 4.79 Å². The number of nitrogens with zero attached hydrogens (tertiary/aromatic N) is 3. The van der Waals surface area contributed by atoms with Gasteiger partial charge in [-0.3, -0.25) is 4.79 Å². The minimum absolute atomic E-state index is 0.213. The van der Waals surface area contributed by atoms with Gasteiger partial charge in [0.2, 0.25) is 5.95 Å². The monoisotopic (exact) mass is 386 g/mol. The molecule has 1 aliphatic heterocycles. The molecular formula is C24H26N4O. The van der Waals surface area contributed by atoms with Crippen LogP contribution >= 0.6 is 0 Å². The third-order valence-electron chi connectivity index (χ3n) is 5.26. The predicted molar refractivity (Wildman–Crippen MR) is 117 cm³/mol. The van der Waals surface area contributed by atoms with E-state index in [0.29, 0.717) is 17.6 Å². The van der Waals surface area contributed by atoms with Gasteiger partial charge >= 0.3 is 0 Å². The number of fused-ring (bicyclic) bond motifs is 1. The number of rotatable bonds is 4. The number of anilines is 3. The van der Waals surface area contributed by atoms with Gasteiger partial charge in [-0.25, -0.2) is 9.97 Å². The second-order valence-corrected chi connectivity index (χ2v) is 7.77. The SMILES string of the molecule is Cc1cc(C(=O)Nc2ccccc2C(C)C)nc(N2CCCc3ccccc32)n1. The summed E-state index contributed by atoms with van der Waals surface area (Å²) in [7, 11) is 0. The van der Waals surface area contributed by atoms with Gasteiger partial charge in [0.15, 0.2) is 0 Å². The van der Waals surface area contributed by atoms with Crippen LogP contribution in [-0.4, -0.2) is 22.4 Å². The van der Waals surface area contributed by atoms with E-state index in [9.17, 15) is 4.79 Å². The Balaban J connectivity index is 1.66. The molecule has 0 fully saturated rings. The summed E-state index contributed by atoms with van der Waals surface area (Å²) < 4.78 is 0. The Bertz CT molecular complexity index is 1040. The molecule has 0 saturated heterocycles. The molecule has 0 unspecified atom stereocenters. The molecule has 0 saturated carbocycles. The highest BCUT2D eigenvalue weighted by Gasteiger charge is 2.22. The Morgan fingerprint density at radius 1 is 1.07 bits per heavy atom. The normalized spacial score (nSPS) is 13.3. The van der Waals surface area contributed by atoms with Crippen LogP contribution < -0.4 is 10.2 Å². The highest BCUT2D eigenvalue weighted by Crippen LogP contribution is 2.31. The van der Waals surface area contributed by atoms with Crippen molar-refractivity contribution in [2.24, 2.45) is 0 Å². The molecule has 2 aromatic carbocycles. The van der Waals surface area contributed by atoms with Gasteiger partial charge < -0.3 is 10.2 Å². The highest BCUT2D eigenvalue weighted by molar-refractivity contribution is 6.03. The Morgan fingerprint density at radius 2 is 1.83 bits per heavy atom. The van der Waals surface area contributed by atoms with Gasteiger partial charge in [-0.1, -0.05) is 50.2 Å². The molecule has 3 aromatic rings. The van der Waals surface area contributed by atoms with Crippen LogP contribution in [0.25, 0.3) is 0 Å². The van der Waals surface area contributed by atoms with Crippen LogP contribution in [-0.2, 0) is 6.42 Å². The van der Waals surface area contributed by atoms with Crippen molar-refractivity contribution in [3.63, 3.8) is 0 Å². The van der Waals surface area contributed by atoms with Crippen molar-refractivity contribution in [1.82, 2.24) is 9.97 Å². The number of aromatic nitrogens is 2. The second kappa shape index (κ2) is 8.03. The number of hydrogen-bond acceptors (Lipinski definition) is 4. The van der Waals surface area contributed by atoms with Gasteiger partial charge in [0.25, 0.3) is 5.91 Å². The maximum Gasteiger partial charge on any atom is 0.274 e. The lowest BCUT2D eigenvalue weighted by Gasteiger charge is -2.29. The summed E-state index contributed by atoms with van der Waals surface area (Å²) in [6.07, 6.45) is 2.09. The van der Waals surface area contributed by atoms with E-state index < -0.39 is 0 Å². The van der Waals surface area contributed by atoms with E-state index in [-0.39, 0.29) is 5.91 Å². The zero-order valence-corrected chi connectivity index (χ0v) is 17.1. The molecule has 1 aromatic heterocycles. The fourth-order valence-electron chi connectivity index (χ4n) is 3.83. The van der Waals surface area contributed by atoms with Crippen molar-refractivity contribution in [3.05, 3.63) is 77.1 Å². The maximum absolute atomic E-state index is 13.0. The predicted octanol–water partition coefficient (Wildman–Crippen LogP) is 5.25. The van der Waals surface area contributed by atoms with E-state index in [0.717, 1.165) is 42.0 Å². The number of benzene rings is 2. The molecule has 0 atom stereocenters. The molecule has 0 bridgehead atoms. The van der Waals surface area contributed by atoms with Crippen molar-refractivity contribution in [2.75, 3.05) is 16.8 Å². The quantitative estimate of drug-likeness (QED) is 0.666. The third-order valence-corrected chi connectivity index (χ3v) is 5.26. The van der Waals surface area contributed by atoms with Gasteiger partial charge in [-0.05, 0) is 55.0 Å². The van der Waals surface area contributed by atoms with Crippen LogP contribution in [0.4, 0.5) is 17.3 Å². The van der Waals surface area contributed by atoms with Gasteiger partial charge in [-0.15, -0.1) is 0 Å². The van der Waals surface area contributed by atoms with Crippen LogP contribution in [0.15, 0.2) is 54.6 Å². The number of amides is 1. The standard InChI is InChI=1S/C24H26N4O/c1-16(2)19-11-5-6-12-20(19)26-23(29)21-15-17(3)25-24(27-21)28-14-8-10-18-9-4-7-13-22(18)28/h4-7,9,11-13,15-16H,8,10,14H2,1-3H3,(H,26,29). The largest absolute Gasteiger partial charge is 0.320 e. The minimum atomic E-state index is -0.213. The first-order valence-corrected chi connectivity index (χ1v) is 10.1. The number of nitrogens with one attached hydrogen (secondary N) is 1. The van der Waals surface area contributed by atoms with Crippen molar-refractivity contribution in [2.45, 2.75) is 39.5 Å². The lowest BCUT2D eigenvalue weighted by Crippen LogP contribution is -2.27. The molecule has 29 heavy (non-hydrogen) atoms. The first-order valence-electron chi connectivity index (χ1n) is 10.1. The van der Waals surface area contributed by atoms with Crippen LogP contribution in [0.1, 0.15) is 53.5 Å². The number of hydrogen-bond donors (Lipinski definition) is 1. The van der Waals surface area contributed by atoms with E-state index in [1.807, 2.05) is 37.3 Å². The van der Waals surface area contributed by atoms with Gasteiger partial charge in [0.1, 0.15) is 5.69 Å². The molecule has 5 nitrogen and oxygen atoms in total. The fourth-order valence-corrected chi connectivity index (χ4v) is 3.83. The molecule has 4 rings (SSSR count). The van der Waals surface area contributed by atoms with E-state index in [2.05, 4.69) is 52.2 Å². The zero-order valence-electron chi connectivity index (χ0n) is 17.1. The first-order chi connectivity index (χ1) is 14.0. The summed E-state index contributed by atoms with van der Waals surface area (Å²) in [6, 6.07) is 18.0. The van der Waals surface area contributed by atoms with Crippen molar-refractivity contribution in [3.8, 4) is 0 Å². The molecule has 1 N–H and O–H groups in total. The summed E-state index contributed by atoms with van der Waals surface area (Å²) in [6.45, 7) is 6.98. The van der Waals surface area contributed by atoms with Crippen LogP contribution in [0.5, 0.6) is 0 Å². The molecule has 1 amide bonds. The van der Waals surface area contributed by atoms with Crippen LogP contribution in [0.2, 0.25) is 0 Å². The smallest absolute Gasteiger partial charge is 0.274 e. The zero-order chi connectivity index (χ0) is 20.4. The lowest BCUT2D eigenvalue weighted by atomic mass is 10.0. The van der Waals surface area contributed by atoms with Crippen molar-refractivity contribution >= 4 is 23.2 Å². The first kappa shape index (κ1) is 19.1. The van der Waals surface area contributed by atoms with E-state index in [1.165, 1.54) is 5.56 Å². The number of carbonyl (C=O) groups is 1. The number of carbonyl (C=O) groups excluding carboxylic acids is 1. The highest BCUT2D eigenvalue weighted by atomic mass is 16.1. The second-order valence-electron chi connectivity index (χ2n) is 7.77. The Morgan fingerprint density at radius 3 is 2.66 bits per heavy atom. The van der Waals surface area contributed by atoms with Crippen molar-refractivity contribution in [1.29, 1.82) is 0 Å². The molecule has 2 heterocycles. The molecule has 0 spiro atoms.